The van der Waals surface area contributed by atoms with E-state index in [1.165, 1.54) is 19.1 Å². The molecule has 1 fully saturated rings. The first-order chi connectivity index (χ1) is 11.5. The summed E-state index contributed by atoms with van der Waals surface area (Å²) in [6.45, 7) is 9.15. The van der Waals surface area contributed by atoms with Crippen LogP contribution in [0.25, 0.3) is 6.08 Å². The summed E-state index contributed by atoms with van der Waals surface area (Å²) in [6, 6.07) is 4.32. The van der Waals surface area contributed by atoms with Crippen molar-refractivity contribution < 1.29 is 23.6 Å². The van der Waals surface area contributed by atoms with Crippen LogP contribution in [0.15, 0.2) is 23.7 Å². The van der Waals surface area contributed by atoms with E-state index in [4.69, 9.17) is 9.31 Å². The smallest absolute Gasteiger partial charge is 0.400 e. The minimum Gasteiger partial charge on any atom is -0.400 e. The molecular formula is C18H25BFNO4. The van der Waals surface area contributed by atoms with Crippen molar-refractivity contribution in [2.45, 2.75) is 52.4 Å². The number of aliphatic hydroxyl groups is 1. The molecule has 0 bridgehead atoms. The van der Waals surface area contributed by atoms with Crippen molar-refractivity contribution in [1.29, 1.82) is 0 Å². The minimum absolute atomic E-state index is 0.183. The van der Waals surface area contributed by atoms with Gasteiger partial charge < -0.3 is 19.7 Å². The van der Waals surface area contributed by atoms with E-state index in [1.807, 2.05) is 27.7 Å². The van der Waals surface area contributed by atoms with Crippen LogP contribution in [0, 0.1) is 5.82 Å². The van der Waals surface area contributed by atoms with Crippen LogP contribution in [0.2, 0.25) is 0 Å². The Morgan fingerprint density at radius 3 is 2.36 bits per heavy atom. The van der Waals surface area contributed by atoms with Gasteiger partial charge in [-0.1, -0.05) is 6.08 Å². The van der Waals surface area contributed by atoms with Crippen molar-refractivity contribution in [3.63, 3.8) is 0 Å². The molecule has 5 nitrogen and oxygen atoms in total. The van der Waals surface area contributed by atoms with Crippen molar-refractivity contribution in [3.05, 3.63) is 40.6 Å². The molecule has 1 aliphatic rings. The Kier molecular flexibility index (Phi) is 5.71. The summed E-state index contributed by atoms with van der Waals surface area (Å²) in [5.74, 6) is -0.622. The average Bonchev–Trinajstić information content (AvgIpc) is 2.70. The molecule has 1 amide bonds. The average molecular weight is 349 g/mol. The second-order valence-electron chi connectivity index (χ2n) is 7.27. The molecule has 0 unspecified atom stereocenters. The third-order valence-electron chi connectivity index (χ3n) is 4.61. The fourth-order valence-corrected chi connectivity index (χ4v) is 2.49. The van der Waals surface area contributed by atoms with E-state index in [1.54, 1.807) is 12.1 Å². The maximum atomic E-state index is 13.7. The molecule has 136 valence electrons. The monoisotopic (exact) mass is 349 g/mol. The number of hydrogen-bond donors (Lipinski definition) is 2. The lowest BCUT2D eigenvalue weighted by molar-refractivity contribution is -0.118. The molecule has 1 heterocycles. The summed E-state index contributed by atoms with van der Waals surface area (Å²) in [7, 11) is -0.655. The molecule has 2 N–H and O–H groups in total. The number of halogens is 1. The largest absolute Gasteiger partial charge is 0.492 e. The van der Waals surface area contributed by atoms with E-state index in [2.05, 4.69) is 5.32 Å². The molecule has 1 aromatic rings. The van der Waals surface area contributed by atoms with Crippen molar-refractivity contribution >= 4 is 19.1 Å². The Morgan fingerprint density at radius 1 is 1.24 bits per heavy atom. The van der Waals surface area contributed by atoms with Crippen molar-refractivity contribution in [2.75, 3.05) is 6.54 Å². The van der Waals surface area contributed by atoms with Crippen LogP contribution in [0.5, 0.6) is 0 Å². The number of hydrogen-bond acceptors (Lipinski definition) is 4. The van der Waals surface area contributed by atoms with E-state index in [0.717, 1.165) is 0 Å². The fourth-order valence-electron chi connectivity index (χ4n) is 2.49. The Balaban J connectivity index is 2.36. The highest BCUT2D eigenvalue weighted by Gasteiger charge is 2.52. The van der Waals surface area contributed by atoms with Crippen LogP contribution in [0.3, 0.4) is 0 Å². The standard InChI is InChI=1S/C18H25BFNO4/c1-12(23)21-10-15(19-24-17(2,3)18(4,5)25-19)7-13-6-14(11-22)9-16(20)8-13/h6-9,22H,10-11H2,1-5H3,(H,21,23). The van der Waals surface area contributed by atoms with Crippen LogP contribution >= 0.6 is 0 Å². The summed E-state index contributed by atoms with van der Waals surface area (Å²) < 4.78 is 25.8. The first kappa shape index (κ1) is 19.6. The molecule has 0 aromatic heterocycles. The molecule has 1 aliphatic heterocycles. The third-order valence-corrected chi connectivity index (χ3v) is 4.61. The van der Waals surface area contributed by atoms with Crippen molar-refractivity contribution in [3.8, 4) is 0 Å². The van der Waals surface area contributed by atoms with Crippen LogP contribution in [-0.2, 0) is 20.7 Å². The Labute approximate surface area is 148 Å². The van der Waals surface area contributed by atoms with Gasteiger partial charge in [0.25, 0.3) is 0 Å². The summed E-state index contributed by atoms with van der Waals surface area (Å²) in [4.78, 5) is 11.3. The van der Waals surface area contributed by atoms with Gasteiger partial charge in [0, 0.05) is 13.5 Å². The normalized spacial score (nSPS) is 19.2. The Morgan fingerprint density at radius 2 is 1.84 bits per heavy atom. The molecule has 7 heteroatoms. The molecule has 25 heavy (non-hydrogen) atoms. The van der Waals surface area contributed by atoms with Crippen LogP contribution in [0.4, 0.5) is 4.39 Å². The lowest BCUT2D eigenvalue weighted by atomic mass is 9.77. The first-order valence-corrected chi connectivity index (χ1v) is 8.25. The van der Waals surface area contributed by atoms with E-state index in [0.29, 0.717) is 16.6 Å². The third kappa shape index (κ3) is 4.68. The van der Waals surface area contributed by atoms with Gasteiger partial charge in [-0.15, -0.1) is 0 Å². The van der Waals surface area contributed by atoms with Gasteiger partial charge in [-0.3, -0.25) is 4.79 Å². The van der Waals surface area contributed by atoms with Crippen molar-refractivity contribution in [1.82, 2.24) is 5.32 Å². The van der Waals surface area contributed by atoms with Gasteiger partial charge in [-0.2, -0.15) is 0 Å². The molecule has 0 radical (unpaired) electrons. The highest BCUT2D eigenvalue weighted by Crippen LogP contribution is 2.38. The first-order valence-electron chi connectivity index (χ1n) is 8.25. The zero-order valence-electron chi connectivity index (χ0n) is 15.4. The van der Waals surface area contributed by atoms with Gasteiger partial charge in [0.2, 0.25) is 5.91 Å². The molecule has 1 saturated heterocycles. The number of aliphatic hydroxyl groups excluding tert-OH is 1. The second-order valence-corrected chi connectivity index (χ2v) is 7.27. The SMILES string of the molecule is CC(=O)NCC(=Cc1cc(F)cc(CO)c1)B1OC(C)(C)C(C)(C)O1. The summed E-state index contributed by atoms with van der Waals surface area (Å²) in [6.07, 6.45) is 1.72. The summed E-state index contributed by atoms with van der Waals surface area (Å²) >= 11 is 0. The molecule has 0 atom stereocenters. The molecule has 2 rings (SSSR count). The van der Waals surface area contributed by atoms with Crippen LogP contribution in [0.1, 0.15) is 45.7 Å². The second kappa shape index (κ2) is 7.27. The number of carbonyl (C=O) groups excluding carboxylic acids is 1. The lowest BCUT2D eigenvalue weighted by Gasteiger charge is -2.32. The van der Waals surface area contributed by atoms with Gasteiger partial charge >= 0.3 is 7.12 Å². The van der Waals surface area contributed by atoms with Crippen molar-refractivity contribution in [2.24, 2.45) is 0 Å². The molecule has 0 spiro atoms. The molecule has 0 aliphatic carbocycles. The van der Waals surface area contributed by atoms with Crippen LogP contribution in [-0.4, -0.2) is 35.9 Å². The summed E-state index contributed by atoms with van der Waals surface area (Å²) in [5.41, 5.74) is 0.664. The Hall–Kier alpha value is -1.70. The lowest BCUT2D eigenvalue weighted by Crippen LogP contribution is -2.41. The zero-order valence-corrected chi connectivity index (χ0v) is 15.4. The predicted molar refractivity (Wildman–Crippen MR) is 95.1 cm³/mol. The number of benzene rings is 1. The number of nitrogens with one attached hydrogen (secondary N) is 1. The highest BCUT2D eigenvalue weighted by molar-refractivity contribution is 6.56. The van der Waals surface area contributed by atoms with E-state index < -0.39 is 24.1 Å². The van der Waals surface area contributed by atoms with Gasteiger partial charge in [-0.05, 0) is 62.5 Å². The molecule has 0 saturated carbocycles. The van der Waals surface area contributed by atoms with Gasteiger partial charge in [0.15, 0.2) is 0 Å². The number of carbonyl (C=O) groups is 1. The Bertz CT molecular complexity index is 672. The topological polar surface area (TPSA) is 67.8 Å². The zero-order chi connectivity index (χ0) is 18.8. The maximum absolute atomic E-state index is 13.7. The van der Waals surface area contributed by atoms with E-state index >= 15 is 0 Å². The highest BCUT2D eigenvalue weighted by atomic mass is 19.1. The number of rotatable bonds is 5. The predicted octanol–water partition coefficient (Wildman–Crippen LogP) is 2.47. The van der Waals surface area contributed by atoms with Gasteiger partial charge in [0.1, 0.15) is 5.82 Å². The van der Waals surface area contributed by atoms with E-state index in [-0.39, 0.29) is 19.1 Å². The van der Waals surface area contributed by atoms with Crippen LogP contribution < -0.4 is 5.32 Å². The number of amides is 1. The van der Waals surface area contributed by atoms with E-state index in [9.17, 15) is 14.3 Å². The fraction of sp³-hybridized carbons (Fsp3) is 0.500. The quantitative estimate of drug-likeness (QED) is 0.802. The van der Waals surface area contributed by atoms with Gasteiger partial charge in [0.05, 0.1) is 17.8 Å². The van der Waals surface area contributed by atoms with Gasteiger partial charge in [-0.25, -0.2) is 4.39 Å². The molecular weight excluding hydrogens is 324 g/mol. The molecule has 1 aromatic carbocycles. The maximum Gasteiger partial charge on any atom is 0.492 e. The minimum atomic E-state index is -0.655. The summed E-state index contributed by atoms with van der Waals surface area (Å²) in [5, 5.41) is 12.0.